The lowest BCUT2D eigenvalue weighted by atomic mass is 9.82. The van der Waals surface area contributed by atoms with Crippen molar-refractivity contribution in [3.63, 3.8) is 0 Å². The Morgan fingerprint density at radius 3 is 2.82 bits per heavy atom. The minimum atomic E-state index is -0.464. The molecular formula is C9H19NO. The Bertz CT molecular complexity index is 121. The van der Waals surface area contributed by atoms with Crippen molar-refractivity contribution in [2.45, 2.75) is 51.2 Å². The molecule has 1 saturated carbocycles. The van der Waals surface area contributed by atoms with E-state index in [2.05, 4.69) is 12.2 Å². The summed E-state index contributed by atoms with van der Waals surface area (Å²) in [7, 11) is 0. The second-order valence-corrected chi connectivity index (χ2v) is 3.71. The Hall–Kier alpha value is -0.0800. The molecule has 2 unspecified atom stereocenters. The number of aliphatic hydroxyl groups is 1. The molecule has 0 aromatic carbocycles. The maximum absolute atomic E-state index is 9.90. The highest BCUT2D eigenvalue weighted by Gasteiger charge is 2.33. The summed E-state index contributed by atoms with van der Waals surface area (Å²) in [6.07, 6.45) is 4.51. The number of likely N-dealkylation sites (N-methyl/N-ethyl adjacent to an activating group) is 1. The van der Waals surface area contributed by atoms with Crippen LogP contribution in [0.15, 0.2) is 0 Å². The standard InChI is InChI=1S/C9H19NO/c1-3-10-8-6-4-5-7-9(8,2)11/h8,10-11H,3-7H2,1-2H3. The summed E-state index contributed by atoms with van der Waals surface area (Å²) < 4.78 is 0. The van der Waals surface area contributed by atoms with Crippen LogP contribution >= 0.6 is 0 Å². The molecule has 0 heterocycles. The Labute approximate surface area is 69.0 Å². The number of hydrogen-bond donors (Lipinski definition) is 2. The van der Waals surface area contributed by atoms with Gasteiger partial charge in [0.25, 0.3) is 0 Å². The molecule has 0 aromatic rings. The Balaban J connectivity index is 2.45. The molecule has 0 spiro atoms. The zero-order valence-corrected chi connectivity index (χ0v) is 7.56. The van der Waals surface area contributed by atoms with E-state index in [4.69, 9.17) is 0 Å². The summed E-state index contributed by atoms with van der Waals surface area (Å²) in [6, 6.07) is 0.321. The summed E-state index contributed by atoms with van der Waals surface area (Å²) in [5.41, 5.74) is -0.464. The van der Waals surface area contributed by atoms with Gasteiger partial charge in [0.1, 0.15) is 0 Å². The smallest absolute Gasteiger partial charge is 0.0772 e. The third-order valence-corrected chi connectivity index (χ3v) is 2.63. The predicted molar refractivity (Wildman–Crippen MR) is 46.6 cm³/mol. The first kappa shape index (κ1) is 9.01. The molecule has 2 N–H and O–H groups in total. The maximum Gasteiger partial charge on any atom is 0.0772 e. The monoisotopic (exact) mass is 157 g/mol. The molecule has 11 heavy (non-hydrogen) atoms. The topological polar surface area (TPSA) is 32.3 Å². The maximum atomic E-state index is 9.90. The zero-order chi connectivity index (χ0) is 8.32. The average molecular weight is 157 g/mol. The molecule has 2 nitrogen and oxygen atoms in total. The molecule has 2 heteroatoms. The van der Waals surface area contributed by atoms with Gasteiger partial charge in [-0.2, -0.15) is 0 Å². The molecule has 1 aliphatic rings. The van der Waals surface area contributed by atoms with Crippen molar-refractivity contribution in [1.82, 2.24) is 5.32 Å². The molecule has 1 fully saturated rings. The largest absolute Gasteiger partial charge is 0.389 e. The molecular weight excluding hydrogens is 138 g/mol. The summed E-state index contributed by atoms with van der Waals surface area (Å²) in [5, 5.41) is 13.2. The summed E-state index contributed by atoms with van der Waals surface area (Å²) in [4.78, 5) is 0. The van der Waals surface area contributed by atoms with Crippen molar-refractivity contribution in [3.05, 3.63) is 0 Å². The SMILES string of the molecule is CCNC1CCCCC1(C)O. The van der Waals surface area contributed by atoms with Gasteiger partial charge in [0, 0.05) is 6.04 Å². The minimum Gasteiger partial charge on any atom is -0.389 e. The minimum absolute atomic E-state index is 0.321. The van der Waals surface area contributed by atoms with Crippen molar-refractivity contribution in [2.75, 3.05) is 6.54 Å². The summed E-state index contributed by atoms with van der Waals surface area (Å²) in [6.45, 7) is 4.99. The lowest BCUT2D eigenvalue weighted by Gasteiger charge is -2.37. The van der Waals surface area contributed by atoms with E-state index in [1.54, 1.807) is 0 Å². The van der Waals surface area contributed by atoms with Crippen LogP contribution in [0.25, 0.3) is 0 Å². The van der Waals surface area contributed by atoms with E-state index >= 15 is 0 Å². The van der Waals surface area contributed by atoms with E-state index in [1.807, 2.05) is 6.92 Å². The van der Waals surface area contributed by atoms with Gasteiger partial charge < -0.3 is 10.4 Å². The lowest BCUT2D eigenvalue weighted by Crippen LogP contribution is -2.50. The van der Waals surface area contributed by atoms with Crippen molar-refractivity contribution in [1.29, 1.82) is 0 Å². The van der Waals surface area contributed by atoms with Gasteiger partial charge in [-0.25, -0.2) is 0 Å². The van der Waals surface area contributed by atoms with Crippen LogP contribution in [0, 0.1) is 0 Å². The average Bonchev–Trinajstić information content (AvgIpc) is 1.94. The quantitative estimate of drug-likeness (QED) is 0.633. The van der Waals surface area contributed by atoms with E-state index in [0.717, 1.165) is 19.4 Å². The highest BCUT2D eigenvalue weighted by atomic mass is 16.3. The fourth-order valence-corrected chi connectivity index (χ4v) is 1.88. The molecule has 0 aromatic heterocycles. The normalized spacial score (nSPS) is 39.0. The van der Waals surface area contributed by atoms with Crippen molar-refractivity contribution in [3.8, 4) is 0 Å². The predicted octanol–water partition coefficient (Wildman–Crippen LogP) is 1.29. The fourth-order valence-electron chi connectivity index (χ4n) is 1.88. The number of nitrogens with one attached hydrogen (secondary N) is 1. The molecule has 0 saturated heterocycles. The third kappa shape index (κ3) is 2.17. The number of hydrogen-bond acceptors (Lipinski definition) is 2. The molecule has 66 valence electrons. The second kappa shape index (κ2) is 3.55. The molecule has 1 aliphatic carbocycles. The van der Waals surface area contributed by atoms with Crippen LogP contribution in [0.2, 0.25) is 0 Å². The summed E-state index contributed by atoms with van der Waals surface area (Å²) >= 11 is 0. The van der Waals surface area contributed by atoms with E-state index in [1.165, 1.54) is 12.8 Å². The Kier molecular flexibility index (Phi) is 2.90. The highest BCUT2D eigenvalue weighted by Crippen LogP contribution is 2.27. The van der Waals surface area contributed by atoms with E-state index < -0.39 is 5.60 Å². The van der Waals surface area contributed by atoms with Crippen molar-refractivity contribution >= 4 is 0 Å². The van der Waals surface area contributed by atoms with Crippen LogP contribution in [-0.2, 0) is 0 Å². The first-order valence-electron chi connectivity index (χ1n) is 4.62. The Morgan fingerprint density at radius 2 is 2.27 bits per heavy atom. The zero-order valence-electron chi connectivity index (χ0n) is 7.56. The highest BCUT2D eigenvalue weighted by molar-refractivity contribution is 4.90. The molecule has 2 atom stereocenters. The van der Waals surface area contributed by atoms with E-state index in [-0.39, 0.29) is 0 Å². The molecule has 0 radical (unpaired) electrons. The van der Waals surface area contributed by atoms with E-state index in [0.29, 0.717) is 6.04 Å². The van der Waals surface area contributed by atoms with Crippen LogP contribution in [0.3, 0.4) is 0 Å². The van der Waals surface area contributed by atoms with Crippen LogP contribution in [0.1, 0.15) is 39.5 Å². The van der Waals surface area contributed by atoms with E-state index in [9.17, 15) is 5.11 Å². The van der Waals surface area contributed by atoms with Gasteiger partial charge in [0.15, 0.2) is 0 Å². The molecule has 0 aliphatic heterocycles. The summed E-state index contributed by atoms with van der Waals surface area (Å²) in [5.74, 6) is 0. The Morgan fingerprint density at radius 1 is 1.55 bits per heavy atom. The first-order chi connectivity index (χ1) is 5.17. The second-order valence-electron chi connectivity index (χ2n) is 3.71. The van der Waals surface area contributed by atoms with Gasteiger partial charge in [-0.15, -0.1) is 0 Å². The van der Waals surface area contributed by atoms with Gasteiger partial charge in [-0.3, -0.25) is 0 Å². The molecule has 0 bridgehead atoms. The van der Waals surface area contributed by atoms with Gasteiger partial charge in [-0.05, 0) is 26.3 Å². The van der Waals surface area contributed by atoms with Crippen molar-refractivity contribution < 1.29 is 5.11 Å². The van der Waals surface area contributed by atoms with Gasteiger partial charge >= 0.3 is 0 Å². The van der Waals surface area contributed by atoms with Crippen LogP contribution in [0.5, 0.6) is 0 Å². The van der Waals surface area contributed by atoms with Crippen molar-refractivity contribution in [2.24, 2.45) is 0 Å². The van der Waals surface area contributed by atoms with Crippen LogP contribution in [0.4, 0.5) is 0 Å². The fraction of sp³-hybridized carbons (Fsp3) is 1.00. The molecule has 1 rings (SSSR count). The van der Waals surface area contributed by atoms with Gasteiger partial charge in [-0.1, -0.05) is 19.8 Å². The van der Waals surface area contributed by atoms with Gasteiger partial charge in [0.2, 0.25) is 0 Å². The van der Waals surface area contributed by atoms with Crippen LogP contribution in [-0.4, -0.2) is 23.3 Å². The number of rotatable bonds is 2. The van der Waals surface area contributed by atoms with Crippen LogP contribution < -0.4 is 5.32 Å². The third-order valence-electron chi connectivity index (χ3n) is 2.63. The van der Waals surface area contributed by atoms with Gasteiger partial charge in [0.05, 0.1) is 5.60 Å². The first-order valence-corrected chi connectivity index (χ1v) is 4.62. The lowest BCUT2D eigenvalue weighted by molar-refractivity contribution is -0.00927. The molecule has 0 amide bonds.